The first-order valence-corrected chi connectivity index (χ1v) is 1.24. The van der Waals surface area contributed by atoms with Crippen molar-refractivity contribution in [3.05, 3.63) is 0 Å². The van der Waals surface area contributed by atoms with Crippen molar-refractivity contribution in [3.63, 3.8) is 0 Å². The molecule has 6 heavy (non-hydrogen) atoms. The summed E-state index contributed by atoms with van der Waals surface area (Å²) in [7, 11) is 0. The Hall–Kier alpha value is -1.17. The zero-order chi connectivity index (χ0) is 4.99. The average Bonchev–Trinajstić information content (AvgIpc) is 1.65. The predicted molar refractivity (Wildman–Crippen MR) is 21.0 cm³/mol. The lowest BCUT2D eigenvalue weighted by Crippen LogP contribution is -1.94. The van der Waals surface area contributed by atoms with Crippen molar-refractivity contribution in [2.75, 3.05) is 0 Å². The quantitative estimate of drug-likeness (QED) is 0.357. The molecule has 2 radical (unpaired) electrons. The normalized spacial score (nSPS) is 5.83. The third-order valence-corrected chi connectivity index (χ3v) is 0.237. The van der Waals surface area contributed by atoms with Gasteiger partial charge in [-0.1, -0.05) is 0 Å². The van der Waals surface area contributed by atoms with Crippen LogP contribution in [-0.2, 0) is 0 Å². The molecule has 0 aromatic carbocycles. The van der Waals surface area contributed by atoms with Crippen molar-refractivity contribution in [2.24, 2.45) is 0 Å². The highest BCUT2D eigenvalue weighted by Crippen LogP contribution is 1.47. The molecule has 0 spiro atoms. The summed E-state index contributed by atoms with van der Waals surface area (Å²) in [5.74, 6) is 0. The first-order chi connectivity index (χ1) is 2.81. The van der Waals surface area contributed by atoms with Gasteiger partial charge in [-0.2, -0.15) is 10.7 Å². The van der Waals surface area contributed by atoms with Gasteiger partial charge >= 0.3 is 0 Å². The lowest BCUT2D eigenvalue weighted by atomic mass is 10.5. The van der Waals surface area contributed by atoms with Gasteiger partial charge in [0, 0.05) is 0 Å². The van der Waals surface area contributed by atoms with Crippen LogP contribution in [0.15, 0.2) is 0 Å². The van der Waals surface area contributed by atoms with Gasteiger partial charge in [0.25, 0.3) is 0 Å². The minimum atomic E-state index is -0.671. The highest BCUT2D eigenvalue weighted by atomic mass is 14.5. The molecule has 0 aromatic rings. The first kappa shape index (κ1) is 4.83. The molecule has 3 heteroatoms. The van der Waals surface area contributed by atoms with Crippen LogP contribution in [0.4, 0.5) is 0 Å². The molecule has 0 unspecified atom stereocenters. The second kappa shape index (κ2) is 2.09. The molecule has 0 saturated heterocycles. The molecular formula is C3HN3. The number of nitrogens with zero attached hydrogens (tertiary/aromatic N) is 3. The van der Waals surface area contributed by atoms with Crippen LogP contribution in [0.25, 0.3) is 0 Å². The second-order valence-electron chi connectivity index (χ2n) is 0.626. The maximum atomic E-state index is 7.92. The highest BCUT2D eigenvalue weighted by Gasteiger charge is 1.80. The molecule has 28 valence electrons. The smallest absolute Gasteiger partial charge is 0.183 e. The largest absolute Gasteiger partial charge is 0.191 e. The van der Waals surface area contributed by atoms with Gasteiger partial charge < -0.3 is 0 Å². The Morgan fingerprint density at radius 1 is 1.67 bits per heavy atom. The van der Waals surface area contributed by atoms with Crippen molar-refractivity contribution in [1.29, 1.82) is 5.26 Å². The molecule has 0 N–H and O–H groups in total. The standard InChI is InChI=1S/C3HN3/c4-1-3(6)2-5/h1H. The number of hydrogen-bond donors (Lipinski definition) is 0. The summed E-state index contributed by atoms with van der Waals surface area (Å²) >= 11 is 0. The lowest BCUT2D eigenvalue weighted by molar-refractivity contribution is 1.55. The summed E-state index contributed by atoms with van der Waals surface area (Å²) in [6.45, 7) is 0. The van der Waals surface area contributed by atoms with Crippen molar-refractivity contribution in [2.45, 2.75) is 0 Å². The van der Waals surface area contributed by atoms with Crippen LogP contribution in [0.5, 0.6) is 0 Å². The fraction of sp³-hybridized carbons (Fsp3) is 0. The fourth-order valence-corrected chi connectivity index (χ4v) is 0.0289. The van der Waals surface area contributed by atoms with Crippen LogP contribution in [-0.4, -0.2) is 11.9 Å². The predicted octanol–water partition coefficient (Wildman–Crippen LogP) is -1.38. The van der Waals surface area contributed by atoms with Gasteiger partial charge in [-0.05, 0) is 0 Å². The molecule has 0 aliphatic heterocycles. The van der Waals surface area contributed by atoms with E-state index in [2.05, 4.69) is 0 Å². The number of rotatable bonds is 1. The summed E-state index contributed by atoms with van der Waals surface area (Å²) in [6, 6.07) is 1.28. The monoisotopic (exact) mass is 79.0 g/mol. The van der Waals surface area contributed by atoms with Gasteiger partial charge in [-0.15, -0.1) is 5.41 Å². The molecule has 0 amide bonds. The van der Waals surface area contributed by atoms with Crippen LogP contribution in [0.2, 0.25) is 0 Å². The molecule has 0 aromatic heterocycles. The van der Waals surface area contributed by atoms with Crippen molar-refractivity contribution >= 4 is 11.9 Å². The Bertz CT molecular complexity index is 108. The molecule has 0 rings (SSSR count). The molecule has 0 heterocycles. The molecule has 0 aliphatic rings. The topological polar surface area (TPSA) is 68.4 Å². The Morgan fingerprint density at radius 2 is 2.17 bits per heavy atom. The van der Waals surface area contributed by atoms with E-state index in [0.29, 0.717) is 6.21 Å². The third-order valence-electron chi connectivity index (χ3n) is 0.237. The van der Waals surface area contributed by atoms with Crippen LogP contribution in [0, 0.1) is 11.3 Å². The molecule has 3 nitrogen and oxygen atoms in total. The Kier molecular flexibility index (Phi) is 1.68. The van der Waals surface area contributed by atoms with E-state index in [1.807, 2.05) is 0 Å². The van der Waals surface area contributed by atoms with Crippen LogP contribution >= 0.6 is 0 Å². The average molecular weight is 79.1 g/mol. The van der Waals surface area contributed by atoms with E-state index in [-0.39, 0.29) is 0 Å². The van der Waals surface area contributed by atoms with E-state index in [1.165, 1.54) is 6.07 Å². The van der Waals surface area contributed by atoms with Crippen LogP contribution < -0.4 is 10.8 Å². The second-order valence-corrected chi connectivity index (χ2v) is 0.626. The summed E-state index contributed by atoms with van der Waals surface area (Å²) < 4.78 is 0. The fourth-order valence-electron chi connectivity index (χ4n) is 0.0289. The van der Waals surface area contributed by atoms with Crippen molar-refractivity contribution < 1.29 is 0 Å². The van der Waals surface area contributed by atoms with Gasteiger partial charge in [-0.3, -0.25) is 0 Å². The molecule has 0 fully saturated rings. The Morgan fingerprint density at radius 3 is 2.17 bits per heavy atom. The highest BCUT2D eigenvalue weighted by molar-refractivity contribution is 6.36. The number of hydrogen-bond acceptors (Lipinski definition) is 1. The van der Waals surface area contributed by atoms with Crippen molar-refractivity contribution in [1.82, 2.24) is 10.8 Å². The van der Waals surface area contributed by atoms with Gasteiger partial charge in [0.2, 0.25) is 0 Å². The maximum absolute atomic E-state index is 7.92. The third kappa shape index (κ3) is 1.18. The lowest BCUT2D eigenvalue weighted by Gasteiger charge is -1.59. The Labute approximate surface area is 35.2 Å². The van der Waals surface area contributed by atoms with Gasteiger partial charge in [0.1, 0.15) is 6.07 Å². The number of nitriles is 1. The van der Waals surface area contributed by atoms with Crippen LogP contribution in [0.1, 0.15) is 0 Å². The molecule has 0 atom stereocenters. The van der Waals surface area contributed by atoms with Crippen molar-refractivity contribution in [3.8, 4) is 6.07 Å². The zero-order valence-corrected chi connectivity index (χ0v) is 2.92. The minimum absolute atomic E-state index is 0.333. The first-order valence-electron chi connectivity index (χ1n) is 1.24. The summed E-state index contributed by atoms with van der Waals surface area (Å²) in [4.78, 5) is 0. The van der Waals surface area contributed by atoms with Crippen LogP contribution in [0.3, 0.4) is 0 Å². The van der Waals surface area contributed by atoms with E-state index >= 15 is 0 Å². The zero-order valence-electron chi connectivity index (χ0n) is 2.92. The minimum Gasteiger partial charge on any atom is -0.191 e. The molecule has 0 saturated carbocycles. The summed E-state index contributed by atoms with van der Waals surface area (Å²) in [6.07, 6.45) is 0.333. The van der Waals surface area contributed by atoms with E-state index in [0.717, 1.165) is 0 Å². The summed E-state index contributed by atoms with van der Waals surface area (Å²) in [5, 5.41) is 23.2. The van der Waals surface area contributed by atoms with Gasteiger partial charge in [0.15, 0.2) is 5.71 Å². The molecule has 0 bridgehead atoms. The van der Waals surface area contributed by atoms with E-state index in [1.54, 1.807) is 0 Å². The van der Waals surface area contributed by atoms with E-state index < -0.39 is 5.71 Å². The van der Waals surface area contributed by atoms with Gasteiger partial charge in [0.05, 0.1) is 6.21 Å². The van der Waals surface area contributed by atoms with Gasteiger partial charge in [-0.25, -0.2) is 0 Å². The molecular weight excluding hydrogens is 78.1 g/mol. The van der Waals surface area contributed by atoms with E-state index in [9.17, 15) is 0 Å². The van der Waals surface area contributed by atoms with E-state index in [4.69, 9.17) is 16.1 Å². The molecule has 0 aliphatic carbocycles. The SMILES string of the molecule is [N]=CC(=[N])C#N. The Balaban J connectivity index is 3.63. The summed E-state index contributed by atoms with van der Waals surface area (Å²) in [5.41, 5.74) is -0.671. The maximum Gasteiger partial charge on any atom is 0.183 e.